The van der Waals surface area contributed by atoms with Crippen LogP contribution in [-0.4, -0.2) is 53.8 Å². The summed E-state index contributed by atoms with van der Waals surface area (Å²) in [4.78, 5) is 34.6. The number of piperazine rings is 1. The fraction of sp³-hybridized carbons (Fsp3) is 0.478. The van der Waals surface area contributed by atoms with Gasteiger partial charge in [-0.1, -0.05) is 32.9 Å². The van der Waals surface area contributed by atoms with Crippen LogP contribution in [0.1, 0.15) is 55.3 Å². The normalized spacial score (nSPS) is 14.8. The lowest BCUT2D eigenvalue weighted by Crippen LogP contribution is -2.49. The predicted molar refractivity (Wildman–Crippen MR) is 122 cm³/mol. The Kier molecular flexibility index (Phi) is 7.50. The Labute approximate surface area is 188 Å². The molecule has 2 heterocycles. The van der Waals surface area contributed by atoms with Crippen molar-refractivity contribution in [3.8, 4) is 0 Å². The summed E-state index contributed by atoms with van der Waals surface area (Å²) in [5.41, 5.74) is 1.45. The van der Waals surface area contributed by atoms with Gasteiger partial charge < -0.3 is 25.3 Å². The minimum atomic E-state index is -0.134. The van der Waals surface area contributed by atoms with Crippen molar-refractivity contribution in [2.75, 3.05) is 26.2 Å². The first-order chi connectivity index (χ1) is 15.3. The van der Waals surface area contributed by atoms with Gasteiger partial charge in [-0.05, 0) is 24.6 Å². The largest absolute Gasteiger partial charge is 0.443 e. The third kappa shape index (κ3) is 6.32. The van der Waals surface area contributed by atoms with Crippen molar-refractivity contribution >= 4 is 17.8 Å². The molecule has 1 aliphatic rings. The summed E-state index contributed by atoms with van der Waals surface area (Å²) in [6.45, 7) is 11.0. The molecule has 3 rings (SSSR count). The number of guanidine groups is 1. The molecule has 1 fully saturated rings. The summed E-state index contributed by atoms with van der Waals surface area (Å²) in [5, 5.41) is 9.16. The van der Waals surface area contributed by atoms with E-state index < -0.39 is 0 Å². The number of nitrogens with zero attached hydrogens (tertiary/aromatic N) is 3. The molecule has 2 aromatic rings. The Bertz CT molecular complexity index is 959. The summed E-state index contributed by atoms with van der Waals surface area (Å²) >= 11 is 0. The lowest BCUT2D eigenvalue weighted by molar-refractivity contribution is -0.123. The quantitative estimate of drug-likeness (QED) is 0.467. The van der Waals surface area contributed by atoms with Gasteiger partial charge in [-0.2, -0.15) is 0 Å². The van der Waals surface area contributed by atoms with E-state index in [2.05, 4.69) is 46.7 Å². The minimum Gasteiger partial charge on any atom is -0.443 e. The highest BCUT2D eigenvalue weighted by molar-refractivity contribution is 5.97. The number of carbonyl (C=O) groups is 2. The first kappa shape index (κ1) is 23.3. The van der Waals surface area contributed by atoms with Crippen LogP contribution in [0.2, 0.25) is 0 Å². The van der Waals surface area contributed by atoms with E-state index in [0.29, 0.717) is 43.6 Å². The molecule has 1 aromatic heterocycles. The first-order valence-corrected chi connectivity index (χ1v) is 10.9. The van der Waals surface area contributed by atoms with Gasteiger partial charge in [-0.3, -0.25) is 9.59 Å². The topological polar surface area (TPSA) is 112 Å². The summed E-state index contributed by atoms with van der Waals surface area (Å²) in [5.74, 6) is 1.84. The van der Waals surface area contributed by atoms with Crippen LogP contribution in [0.25, 0.3) is 0 Å². The molecule has 0 atom stereocenters. The lowest BCUT2D eigenvalue weighted by atomic mass is 9.94. The van der Waals surface area contributed by atoms with Crippen molar-refractivity contribution in [3.05, 3.63) is 53.2 Å². The van der Waals surface area contributed by atoms with Gasteiger partial charge >= 0.3 is 0 Å². The molecule has 0 radical (unpaired) electrons. The number of benzene rings is 1. The number of hydrogen-bond acceptors (Lipinski definition) is 5. The highest BCUT2D eigenvalue weighted by Gasteiger charge is 2.22. The SMILES string of the molecule is CCNC(=NCc1ccc(C(=O)N2CCNC(=O)C2)cc1)NCc1ncc(C(C)(C)C)o1. The smallest absolute Gasteiger partial charge is 0.254 e. The van der Waals surface area contributed by atoms with Crippen molar-refractivity contribution in [2.45, 2.75) is 46.2 Å². The fourth-order valence-electron chi connectivity index (χ4n) is 3.16. The number of nitrogens with one attached hydrogen (secondary N) is 3. The zero-order valence-corrected chi connectivity index (χ0v) is 19.2. The maximum Gasteiger partial charge on any atom is 0.254 e. The Morgan fingerprint density at radius 2 is 2.00 bits per heavy atom. The van der Waals surface area contributed by atoms with Gasteiger partial charge in [0.15, 0.2) is 5.96 Å². The zero-order chi connectivity index (χ0) is 23.1. The molecule has 0 bridgehead atoms. The second-order valence-electron chi connectivity index (χ2n) is 8.69. The monoisotopic (exact) mass is 440 g/mol. The first-order valence-electron chi connectivity index (χ1n) is 10.9. The number of aromatic nitrogens is 1. The van der Waals surface area contributed by atoms with E-state index in [1.807, 2.05) is 19.1 Å². The molecule has 32 heavy (non-hydrogen) atoms. The van der Waals surface area contributed by atoms with Crippen LogP contribution in [0.5, 0.6) is 0 Å². The summed E-state index contributed by atoms with van der Waals surface area (Å²) in [7, 11) is 0. The average molecular weight is 441 g/mol. The lowest BCUT2D eigenvalue weighted by Gasteiger charge is -2.26. The Morgan fingerprint density at radius 1 is 1.25 bits per heavy atom. The minimum absolute atomic E-state index is 0.0855. The van der Waals surface area contributed by atoms with Gasteiger partial charge in [-0.25, -0.2) is 9.98 Å². The summed E-state index contributed by atoms with van der Waals surface area (Å²) < 4.78 is 5.81. The number of carbonyl (C=O) groups excluding carboxylic acids is 2. The molecule has 1 aliphatic heterocycles. The molecule has 1 saturated heterocycles. The van der Waals surface area contributed by atoms with E-state index in [-0.39, 0.29) is 23.8 Å². The molecule has 9 heteroatoms. The van der Waals surface area contributed by atoms with Gasteiger partial charge in [0.2, 0.25) is 11.8 Å². The van der Waals surface area contributed by atoms with Crippen molar-refractivity contribution in [2.24, 2.45) is 4.99 Å². The van der Waals surface area contributed by atoms with Gasteiger partial charge in [-0.15, -0.1) is 0 Å². The predicted octanol–water partition coefficient (Wildman–Crippen LogP) is 1.80. The number of rotatable bonds is 6. The second kappa shape index (κ2) is 10.3. The van der Waals surface area contributed by atoms with E-state index in [0.717, 1.165) is 17.9 Å². The summed E-state index contributed by atoms with van der Waals surface area (Å²) in [6.07, 6.45) is 1.76. The molecule has 0 aliphatic carbocycles. The maximum absolute atomic E-state index is 12.6. The average Bonchev–Trinajstić information content (AvgIpc) is 3.25. The Morgan fingerprint density at radius 3 is 2.62 bits per heavy atom. The van der Waals surface area contributed by atoms with E-state index in [1.54, 1.807) is 23.2 Å². The van der Waals surface area contributed by atoms with Crippen LogP contribution < -0.4 is 16.0 Å². The number of aliphatic imine (C=N–C) groups is 1. The molecular formula is C23H32N6O3. The summed E-state index contributed by atoms with van der Waals surface area (Å²) in [6, 6.07) is 7.32. The van der Waals surface area contributed by atoms with E-state index in [4.69, 9.17) is 4.42 Å². The van der Waals surface area contributed by atoms with E-state index >= 15 is 0 Å². The van der Waals surface area contributed by atoms with Gasteiger partial charge in [0, 0.05) is 30.6 Å². The van der Waals surface area contributed by atoms with Crippen LogP contribution in [0.4, 0.5) is 0 Å². The highest BCUT2D eigenvalue weighted by atomic mass is 16.4. The Balaban J connectivity index is 1.58. The molecule has 0 saturated carbocycles. The molecule has 0 spiro atoms. The molecule has 3 N–H and O–H groups in total. The van der Waals surface area contributed by atoms with Crippen LogP contribution in [0.3, 0.4) is 0 Å². The molecule has 9 nitrogen and oxygen atoms in total. The van der Waals surface area contributed by atoms with Crippen LogP contribution >= 0.6 is 0 Å². The molecule has 2 amide bonds. The third-order valence-corrected chi connectivity index (χ3v) is 4.99. The van der Waals surface area contributed by atoms with Crippen LogP contribution in [0, 0.1) is 0 Å². The van der Waals surface area contributed by atoms with Crippen molar-refractivity contribution in [1.82, 2.24) is 25.8 Å². The van der Waals surface area contributed by atoms with Crippen molar-refractivity contribution in [3.63, 3.8) is 0 Å². The molecule has 0 unspecified atom stereocenters. The van der Waals surface area contributed by atoms with Gasteiger partial charge in [0.05, 0.1) is 25.8 Å². The maximum atomic E-state index is 12.6. The number of oxazole rings is 1. The number of hydrogen-bond donors (Lipinski definition) is 3. The van der Waals surface area contributed by atoms with Crippen molar-refractivity contribution < 1.29 is 14.0 Å². The molecule has 172 valence electrons. The van der Waals surface area contributed by atoms with E-state index in [1.165, 1.54) is 0 Å². The zero-order valence-electron chi connectivity index (χ0n) is 19.2. The fourth-order valence-corrected chi connectivity index (χ4v) is 3.16. The van der Waals surface area contributed by atoms with Crippen LogP contribution in [0.15, 0.2) is 39.9 Å². The van der Waals surface area contributed by atoms with Crippen molar-refractivity contribution in [1.29, 1.82) is 0 Å². The highest BCUT2D eigenvalue weighted by Crippen LogP contribution is 2.22. The third-order valence-electron chi connectivity index (χ3n) is 4.99. The second-order valence-corrected chi connectivity index (χ2v) is 8.69. The molecule has 1 aromatic carbocycles. The standard InChI is InChI=1S/C23H32N6O3/c1-5-24-22(28-14-20-26-13-18(32-20)23(2,3)4)27-12-16-6-8-17(9-7-16)21(31)29-11-10-25-19(30)15-29/h6-9,13H,5,10-12,14-15H2,1-4H3,(H,25,30)(H2,24,27,28). The Hall–Kier alpha value is -3.36. The van der Waals surface area contributed by atoms with Crippen LogP contribution in [-0.2, 0) is 23.3 Å². The van der Waals surface area contributed by atoms with E-state index in [9.17, 15) is 9.59 Å². The molecular weight excluding hydrogens is 408 g/mol. The van der Waals surface area contributed by atoms with Gasteiger partial charge in [0.25, 0.3) is 5.91 Å². The number of amides is 2. The van der Waals surface area contributed by atoms with Gasteiger partial charge in [0.1, 0.15) is 5.76 Å².